The van der Waals surface area contributed by atoms with Crippen LogP contribution in [0, 0.1) is 6.92 Å². The maximum absolute atomic E-state index is 12.9. The van der Waals surface area contributed by atoms with E-state index in [1.807, 2.05) is 36.1 Å². The number of fused-ring (bicyclic) bond motifs is 1. The minimum Gasteiger partial charge on any atom is -0.471 e. The Balaban J connectivity index is 1.50. The molecule has 0 saturated carbocycles. The van der Waals surface area contributed by atoms with Crippen molar-refractivity contribution in [1.29, 1.82) is 0 Å². The molecular formula is C19H21N3O3. The first-order valence-electron chi connectivity index (χ1n) is 8.65. The molecule has 0 N–H and O–H groups in total. The van der Waals surface area contributed by atoms with Gasteiger partial charge in [-0.3, -0.25) is 9.78 Å². The first kappa shape index (κ1) is 16.0. The van der Waals surface area contributed by atoms with Crippen LogP contribution >= 0.6 is 0 Å². The molecule has 2 saturated heterocycles. The highest BCUT2D eigenvalue weighted by atomic mass is 16.5. The van der Waals surface area contributed by atoms with Crippen molar-refractivity contribution in [3.05, 3.63) is 54.0 Å². The largest absolute Gasteiger partial charge is 0.471 e. The van der Waals surface area contributed by atoms with Gasteiger partial charge in [0.2, 0.25) is 5.88 Å². The molecule has 0 aliphatic carbocycles. The molecule has 0 aromatic carbocycles. The number of rotatable bonds is 3. The molecule has 4 heterocycles. The molecule has 2 aliphatic heterocycles. The number of carbonyl (C=O) groups excluding carboxylic acids is 1. The second kappa shape index (κ2) is 6.80. The quantitative estimate of drug-likeness (QED) is 0.858. The second-order valence-electron chi connectivity index (χ2n) is 6.52. The second-order valence-corrected chi connectivity index (χ2v) is 6.52. The molecule has 6 nitrogen and oxygen atoms in total. The smallest absolute Gasteiger partial charge is 0.272 e. The summed E-state index contributed by atoms with van der Waals surface area (Å²) >= 11 is 0. The highest BCUT2D eigenvalue weighted by Gasteiger charge is 2.45. The van der Waals surface area contributed by atoms with Crippen LogP contribution in [-0.4, -0.2) is 52.2 Å². The summed E-state index contributed by atoms with van der Waals surface area (Å²) in [5.41, 5.74) is 1.53. The molecule has 0 bridgehead atoms. The van der Waals surface area contributed by atoms with Crippen LogP contribution < -0.4 is 4.74 Å². The Morgan fingerprint density at radius 3 is 2.92 bits per heavy atom. The molecule has 0 radical (unpaired) electrons. The predicted molar refractivity (Wildman–Crippen MR) is 91.4 cm³/mol. The van der Waals surface area contributed by atoms with Gasteiger partial charge in [0.25, 0.3) is 5.91 Å². The summed E-state index contributed by atoms with van der Waals surface area (Å²) in [6.45, 7) is 3.24. The lowest BCUT2D eigenvalue weighted by Crippen LogP contribution is -2.56. The first-order chi connectivity index (χ1) is 12.2. The van der Waals surface area contributed by atoms with Crippen LogP contribution in [0.25, 0.3) is 0 Å². The van der Waals surface area contributed by atoms with Gasteiger partial charge in [-0.25, -0.2) is 4.98 Å². The third-order valence-corrected chi connectivity index (χ3v) is 4.83. The van der Waals surface area contributed by atoms with Gasteiger partial charge in [-0.15, -0.1) is 0 Å². The standard InChI is InChI=1S/C19H21N3O3/c1-13-5-6-14(21-12-13)19(23)22-10-7-16(18-15(22)8-11-24-18)25-17-4-2-3-9-20-17/h2-6,9,12,15-16,18H,7-8,10-11H2,1H3/t15-,16+,18-/m0/s1. The van der Waals surface area contributed by atoms with Crippen LogP contribution in [0.4, 0.5) is 0 Å². The summed E-state index contributed by atoms with van der Waals surface area (Å²) in [5.74, 6) is 0.568. The summed E-state index contributed by atoms with van der Waals surface area (Å²) < 4.78 is 11.9. The molecule has 130 valence electrons. The Hall–Kier alpha value is -2.47. The van der Waals surface area contributed by atoms with Crippen molar-refractivity contribution in [2.45, 2.75) is 38.0 Å². The van der Waals surface area contributed by atoms with Gasteiger partial charge in [-0.05, 0) is 31.0 Å². The number of hydrogen-bond donors (Lipinski definition) is 0. The average molecular weight is 339 g/mol. The van der Waals surface area contributed by atoms with Crippen molar-refractivity contribution in [3.63, 3.8) is 0 Å². The summed E-state index contributed by atoms with van der Waals surface area (Å²) in [4.78, 5) is 23.3. The number of pyridine rings is 2. The Labute approximate surface area is 146 Å². The van der Waals surface area contributed by atoms with Gasteiger partial charge in [0.05, 0.1) is 6.04 Å². The van der Waals surface area contributed by atoms with E-state index < -0.39 is 0 Å². The molecule has 0 unspecified atom stereocenters. The summed E-state index contributed by atoms with van der Waals surface area (Å²) in [6, 6.07) is 9.34. The van der Waals surface area contributed by atoms with Crippen LogP contribution in [-0.2, 0) is 4.74 Å². The van der Waals surface area contributed by atoms with E-state index in [1.165, 1.54) is 0 Å². The average Bonchev–Trinajstić information content (AvgIpc) is 3.13. The van der Waals surface area contributed by atoms with Crippen LogP contribution in [0.3, 0.4) is 0 Å². The fourth-order valence-corrected chi connectivity index (χ4v) is 3.58. The summed E-state index contributed by atoms with van der Waals surface area (Å²) in [7, 11) is 0. The van der Waals surface area contributed by atoms with E-state index in [4.69, 9.17) is 9.47 Å². The maximum Gasteiger partial charge on any atom is 0.272 e. The number of likely N-dealkylation sites (tertiary alicyclic amines) is 1. The van der Waals surface area contributed by atoms with Crippen LogP contribution in [0.15, 0.2) is 42.7 Å². The lowest BCUT2D eigenvalue weighted by Gasteiger charge is -2.40. The van der Waals surface area contributed by atoms with E-state index in [-0.39, 0.29) is 24.2 Å². The van der Waals surface area contributed by atoms with Crippen LogP contribution in [0.1, 0.15) is 28.9 Å². The summed E-state index contributed by atoms with van der Waals surface area (Å²) in [5, 5.41) is 0. The number of amides is 1. The zero-order valence-electron chi connectivity index (χ0n) is 14.2. The molecule has 1 amide bonds. The van der Waals surface area contributed by atoms with E-state index >= 15 is 0 Å². The number of hydrogen-bond acceptors (Lipinski definition) is 5. The minimum absolute atomic E-state index is 0.0260. The Morgan fingerprint density at radius 1 is 1.24 bits per heavy atom. The molecule has 6 heteroatoms. The van der Waals surface area contributed by atoms with Gasteiger partial charge in [-0.1, -0.05) is 12.1 Å². The highest BCUT2D eigenvalue weighted by molar-refractivity contribution is 5.92. The number of carbonyl (C=O) groups is 1. The van der Waals surface area contributed by atoms with Gasteiger partial charge in [0, 0.05) is 38.0 Å². The third kappa shape index (κ3) is 3.22. The van der Waals surface area contributed by atoms with Crippen molar-refractivity contribution in [1.82, 2.24) is 14.9 Å². The molecule has 2 aliphatic rings. The van der Waals surface area contributed by atoms with Crippen molar-refractivity contribution in [3.8, 4) is 5.88 Å². The van der Waals surface area contributed by atoms with Crippen molar-refractivity contribution >= 4 is 5.91 Å². The molecule has 2 aromatic rings. The maximum atomic E-state index is 12.9. The molecule has 0 spiro atoms. The highest BCUT2D eigenvalue weighted by Crippen LogP contribution is 2.31. The first-order valence-corrected chi connectivity index (χ1v) is 8.65. The van der Waals surface area contributed by atoms with E-state index in [1.54, 1.807) is 18.5 Å². The number of piperidine rings is 1. The zero-order valence-corrected chi connectivity index (χ0v) is 14.2. The number of aromatic nitrogens is 2. The number of ether oxygens (including phenoxy) is 2. The Morgan fingerprint density at radius 2 is 2.16 bits per heavy atom. The topological polar surface area (TPSA) is 64.6 Å². The van der Waals surface area contributed by atoms with Crippen LogP contribution in [0.5, 0.6) is 5.88 Å². The van der Waals surface area contributed by atoms with Crippen molar-refractivity contribution in [2.75, 3.05) is 13.2 Å². The molecule has 2 fully saturated rings. The lowest BCUT2D eigenvalue weighted by molar-refractivity contribution is -0.0477. The van der Waals surface area contributed by atoms with Gasteiger partial charge in [0.1, 0.15) is 17.9 Å². The van der Waals surface area contributed by atoms with Gasteiger partial charge in [-0.2, -0.15) is 0 Å². The van der Waals surface area contributed by atoms with E-state index in [9.17, 15) is 4.79 Å². The molecule has 4 rings (SSSR count). The van der Waals surface area contributed by atoms with E-state index in [2.05, 4.69) is 9.97 Å². The monoisotopic (exact) mass is 339 g/mol. The van der Waals surface area contributed by atoms with Gasteiger partial charge in [0.15, 0.2) is 0 Å². The SMILES string of the molecule is Cc1ccc(C(=O)N2CC[C@@H](Oc3ccccn3)[C@H]3OCC[C@@H]32)nc1. The number of nitrogens with zero attached hydrogens (tertiary/aromatic N) is 3. The molecule has 2 aromatic heterocycles. The van der Waals surface area contributed by atoms with Gasteiger partial charge < -0.3 is 14.4 Å². The van der Waals surface area contributed by atoms with Crippen molar-refractivity contribution in [2.24, 2.45) is 0 Å². The lowest BCUT2D eigenvalue weighted by atomic mass is 9.95. The fraction of sp³-hybridized carbons (Fsp3) is 0.421. The van der Waals surface area contributed by atoms with E-state index in [0.29, 0.717) is 24.7 Å². The van der Waals surface area contributed by atoms with Gasteiger partial charge >= 0.3 is 0 Å². The summed E-state index contributed by atoms with van der Waals surface area (Å²) in [6.07, 6.45) is 4.78. The molecule has 3 atom stereocenters. The van der Waals surface area contributed by atoms with Crippen LogP contribution in [0.2, 0.25) is 0 Å². The Kier molecular flexibility index (Phi) is 4.36. The molecule has 25 heavy (non-hydrogen) atoms. The Bertz CT molecular complexity index is 735. The fourth-order valence-electron chi connectivity index (χ4n) is 3.58. The third-order valence-electron chi connectivity index (χ3n) is 4.83. The molecular weight excluding hydrogens is 318 g/mol. The normalized spacial score (nSPS) is 25.5. The van der Waals surface area contributed by atoms with E-state index in [0.717, 1.165) is 18.4 Å². The number of aryl methyl sites for hydroxylation is 1. The zero-order chi connectivity index (χ0) is 17.2. The minimum atomic E-state index is -0.120. The van der Waals surface area contributed by atoms with Crippen molar-refractivity contribution < 1.29 is 14.3 Å². The predicted octanol–water partition coefficient (Wildman–Crippen LogP) is 2.24.